The van der Waals surface area contributed by atoms with E-state index in [-0.39, 0.29) is 11.8 Å². The van der Waals surface area contributed by atoms with E-state index in [9.17, 15) is 9.90 Å². The fourth-order valence-electron chi connectivity index (χ4n) is 4.18. The van der Waals surface area contributed by atoms with E-state index in [1.54, 1.807) is 23.1 Å². The Kier molecular flexibility index (Phi) is 6.00. The monoisotopic (exact) mass is 488 g/mol. The molecule has 1 aliphatic rings. The normalized spacial score (nSPS) is 15.9. The highest BCUT2D eigenvalue weighted by atomic mass is 32.1. The molecule has 3 heterocycles. The summed E-state index contributed by atoms with van der Waals surface area (Å²) in [5.41, 5.74) is 4.15. The molecule has 0 fully saturated rings. The van der Waals surface area contributed by atoms with Crippen molar-refractivity contribution in [3.05, 3.63) is 88.3 Å². The molecule has 0 spiro atoms. The topological polar surface area (TPSA) is 101 Å². The highest BCUT2D eigenvalue weighted by molar-refractivity contribution is 7.13. The fraction of sp³-hybridized carbons (Fsp3) is 0.192. The quantitative estimate of drug-likeness (QED) is 0.371. The van der Waals surface area contributed by atoms with Crippen LogP contribution in [-0.2, 0) is 6.54 Å². The van der Waals surface area contributed by atoms with Crippen molar-refractivity contribution in [2.45, 2.75) is 26.4 Å². The third kappa shape index (κ3) is 4.26. The lowest BCUT2D eigenvalue weighted by atomic mass is 9.94. The SMILES string of the molecule is COc1ccc(C2NC(=O)N(Cc3ccccc3C)C(C)=C2c2nc(-c3cccs3)no2)cc1O. The number of aromatic nitrogens is 2. The number of hydrogen-bond acceptors (Lipinski definition) is 7. The molecule has 0 saturated carbocycles. The number of thiophene rings is 1. The standard InChI is InChI=1S/C26H24N4O4S/c1-15-7-4-5-8-18(15)14-30-16(2)22(25-28-24(29-34-25)21-9-6-12-35-21)23(27-26(30)32)17-10-11-20(33-3)19(31)13-17/h4-13,23,31H,14H2,1-3H3,(H,27,32). The molecule has 1 atom stereocenters. The van der Waals surface area contributed by atoms with Gasteiger partial charge in [-0.05, 0) is 54.1 Å². The van der Waals surface area contributed by atoms with Crippen LogP contribution in [0.2, 0.25) is 0 Å². The van der Waals surface area contributed by atoms with Gasteiger partial charge in [0.25, 0.3) is 5.89 Å². The third-order valence-electron chi connectivity index (χ3n) is 6.12. The number of carbonyl (C=O) groups is 1. The molecule has 0 aliphatic carbocycles. The zero-order valence-electron chi connectivity index (χ0n) is 19.5. The summed E-state index contributed by atoms with van der Waals surface area (Å²) in [4.78, 5) is 20.5. The maximum absolute atomic E-state index is 13.3. The number of phenols is 1. The molecule has 0 saturated heterocycles. The van der Waals surface area contributed by atoms with Crippen LogP contribution in [0.1, 0.15) is 35.5 Å². The van der Waals surface area contributed by atoms with Crippen LogP contribution in [-0.4, -0.2) is 33.3 Å². The minimum atomic E-state index is -0.607. The Labute approximate surface area is 206 Å². The molecular weight excluding hydrogens is 464 g/mol. The van der Waals surface area contributed by atoms with Crippen molar-refractivity contribution in [1.82, 2.24) is 20.4 Å². The second-order valence-corrected chi connectivity index (χ2v) is 9.17. The van der Waals surface area contributed by atoms with Crippen molar-refractivity contribution in [3.63, 3.8) is 0 Å². The van der Waals surface area contributed by atoms with Gasteiger partial charge < -0.3 is 19.7 Å². The second kappa shape index (κ2) is 9.27. The number of amides is 2. The lowest BCUT2D eigenvalue weighted by Gasteiger charge is -2.35. The summed E-state index contributed by atoms with van der Waals surface area (Å²) in [6.45, 7) is 4.28. The number of carbonyl (C=O) groups excluding carboxylic acids is 1. The van der Waals surface area contributed by atoms with E-state index in [4.69, 9.17) is 9.26 Å². The molecule has 4 aromatic rings. The van der Waals surface area contributed by atoms with Gasteiger partial charge >= 0.3 is 6.03 Å². The molecule has 1 unspecified atom stereocenters. The summed E-state index contributed by atoms with van der Waals surface area (Å²) in [6.07, 6.45) is 0. The average Bonchev–Trinajstić information content (AvgIpc) is 3.55. The molecule has 0 radical (unpaired) electrons. The van der Waals surface area contributed by atoms with Crippen LogP contribution in [0, 0.1) is 6.92 Å². The van der Waals surface area contributed by atoms with Crippen molar-refractivity contribution >= 4 is 22.9 Å². The van der Waals surface area contributed by atoms with Gasteiger partial charge in [-0.3, -0.25) is 4.90 Å². The molecule has 2 N–H and O–H groups in total. The number of nitrogens with zero attached hydrogens (tertiary/aromatic N) is 3. The van der Waals surface area contributed by atoms with Gasteiger partial charge in [-0.2, -0.15) is 4.98 Å². The van der Waals surface area contributed by atoms with Crippen LogP contribution in [0.4, 0.5) is 4.79 Å². The number of aromatic hydroxyl groups is 1. The summed E-state index contributed by atoms with van der Waals surface area (Å²) >= 11 is 1.52. The van der Waals surface area contributed by atoms with E-state index in [0.717, 1.165) is 16.0 Å². The summed E-state index contributed by atoms with van der Waals surface area (Å²) in [6, 6.07) is 16.0. The third-order valence-corrected chi connectivity index (χ3v) is 6.99. The van der Waals surface area contributed by atoms with Gasteiger partial charge in [-0.15, -0.1) is 11.3 Å². The highest BCUT2D eigenvalue weighted by Gasteiger charge is 2.36. The van der Waals surface area contributed by atoms with Gasteiger partial charge in [0.2, 0.25) is 5.82 Å². The van der Waals surface area contributed by atoms with Gasteiger partial charge in [0.05, 0.1) is 30.1 Å². The molecule has 178 valence electrons. The van der Waals surface area contributed by atoms with E-state index in [2.05, 4.69) is 15.5 Å². The first kappa shape index (κ1) is 22.7. The Morgan fingerprint density at radius 3 is 2.71 bits per heavy atom. The Balaban J connectivity index is 1.62. The number of rotatable bonds is 6. The zero-order chi connectivity index (χ0) is 24.5. The molecule has 2 aromatic heterocycles. The van der Waals surface area contributed by atoms with Crippen molar-refractivity contribution in [3.8, 4) is 22.2 Å². The number of aryl methyl sites for hydroxylation is 1. The predicted molar refractivity (Wildman–Crippen MR) is 133 cm³/mol. The number of nitrogens with one attached hydrogen (secondary N) is 1. The number of ether oxygens (including phenoxy) is 1. The van der Waals surface area contributed by atoms with Crippen molar-refractivity contribution in [2.75, 3.05) is 7.11 Å². The lowest BCUT2D eigenvalue weighted by Crippen LogP contribution is -2.45. The Bertz CT molecular complexity index is 1410. The summed E-state index contributed by atoms with van der Waals surface area (Å²) in [5.74, 6) is 1.11. The second-order valence-electron chi connectivity index (χ2n) is 8.23. The number of urea groups is 1. The van der Waals surface area contributed by atoms with E-state index in [1.165, 1.54) is 18.4 Å². The van der Waals surface area contributed by atoms with E-state index < -0.39 is 6.04 Å². The van der Waals surface area contributed by atoms with E-state index in [0.29, 0.717) is 40.8 Å². The van der Waals surface area contributed by atoms with Gasteiger partial charge in [-0.1, -0.05) is 41.6 Å². The smallest absolute Gasteiger partial charge is 0.322 e. The molecule has 0 bridgehead atoms. The maximum atomic E-state index is 13.3. The van der Waals surface area contributed by atoms with Crippen molar-refractivity contribution < 1.29 is 19.2 Å². The van der Waals surface area contributed by atoms with Gasteiger partial charge in [0.15, 0.2) is 11.5 Å². The first-order chi connectivity index (χ1) is 17.0. The molecular formula is C26H24N4O4S. The molecule has 5 rings (SSSR count). The molecule has 1 aliphatic heterocycles. The average molecular weight is 489 g/mol. The molecule has 8 nitrogen and oxygen atoms in total. The Morgan fingerprint density at radius 2 is 2.00 bits per heavy atom. The number of benzene rings is 2. The van der Waals surface area contributed by atoms with E-state index in [1.807, 2.05) is 55.6 Å². The maximum Gasteiger partial charge on any atom is 0.322 e. The van der Waals surface area contributed by atoms with Crippen LogP contribution >= 0.6 is 11.3 Å². The number of methoxy groups -OCH3 is 1. The lowest BCUT2D eigenvalue weighted by molar-refractivity contribution is 0.203. The Hall–Kier alpha value is -4.11. The molecule has 2 aromatic carbocycles. The minimum absolute atomic E-state index is 0.0246. The first-order valence-electron chi connectivity index (χ1n) is 11.0. The Morgan fingerprint density at radius 1 is 1.17 bits per heavy atom. The van der Waals surface area contributed by atoms with Crippen LogP contribution in [0.3, 0.4) is 0 Å². The van der Waals surface area contributed by atoms with Crippen LogP contribution in [0.15, 0.2) is 70.2 Å². The summed E-state index contributed by atoms with van der Waals surface area (Å²) in [5, 5.41) is 19.6. The van der Waals surface area contributed by atoms with Crippen LogP contribution < -0.4 is 10.1 Å². The fourth-order valence-corrected chi connectivity index (χ4v) is 4.83. The number of hydrogen-bond donors (Lipinski definition) is 2. The largest absolute Gasteiger partial charge is 0.504 e. The summed E-state index contributed by atoms with van der Waals surface area (Å²) < 4.78 is 10.9. The zero-order valence-corrected chi connectivity index (χ0v) is 20.3. The number of phenolic OH excluding ortho intramolecular Hbond substituents is 1. The molecule has 35 heavy (non-hydrogen) atoms. The van der Waals surface area contributed by atoms with Gasteiger partial charge in [-0.25, -0.2) is 4.79 Å². The van der Waals surface area contributed by atoms with Crippen LogP contribution in [0.25, 0.3) is 16.3 Å². The van der Waals surface area contributed by atoms with Crippen LogP contribution in [0.5, 0.6) is 11.5 Å². The predicted octanol–water partition coefficient (Wildman–Crippen LogP) is 5.52. The van der Waals surface area contributed by atoms with Gasteiger partial charge in [0.1, 0.15) is 0 Å². The van der Waals surface area contributed by atoms with Crippen molar-refractivity contribution in [1.29, 1.82) is 0 Å². The van der Waals surface area contributed by atoms with Gasteiger partial charge in [0, 0.05) is 5.70 Å². The van der Waals surface area contributed by atoms with E-state index >= 15 is 0 Å². The first-order valence-corrected chi connectivity index (χ1v) is 11.9. The summed E-state index contributed by atoms with van der Waals surface area (Å²) in [7, 11) is 1.49. The minimum Gasteiger partial charge on any atom is -0.504 e. The molecule has 2 amide bonds. The molecule has 9 heteroatoms. The highest BCUT2D eigenvalue weighted by Crippen LogP contribution is 2.40. The number of allylic oxidation sites excluding steroid dienone is 1. The van der Waals surface area contributed by atoms with Crippen molar-refractivity contribution in [2.24, 2.45) is 0 Å².